The summed E-state index contributed by atoms with van der Waals surface area (Å²) in [5.41, 5.74) is 3.40. The van der Waals surface area contributed by atoms with Crippen LogP contribution in [0.15, 0.2) is 82.5 Å². The van der Waals surface area contributed by atoms with Gasteiger partial charge in [0.05, 0.1) is 17.0 Å². The minimum atomic E-state index is -0.734. The van der Waals surface area contributed by atoms with Crippen molar-refractivity contribution < 1.29 is 18.3 Å². The van der Waals surface area contributed by atoms with Crippen molar-refractivity contribution in [2.45, 2.75) is 19.9 Å². The predicted octanol–water partition coefficient (Wildman–Crippen LogP) is 5.86. The van der Waals surface area contributed by atoms with Crippen LogP contribution in [-0.4, -0.2) is 12.5 Å². The Balaban J connectivity index is 1.74. The number of benzene rings is 3. The Labute approximate surface area is 195 Å². The van der Waals surface area contributed by atoms with Crippen LogP contribution in [0.1, 0.15) is 38.9 Å². The highest BCUT2D eigenvalue weighted by Crippen LogP contribution is 2.42. The van der Waals surface area contributed by atoms with Crippen LogP contribution in [0.25, 0.3) is 11.0 Å². The van der Waals surface area contributed by atoms with E-state index in [1.165, 1.54) is 12.1 Å². The minimum absolute atomic E-state index is 0.0284. The molecular weight excluding hydrogens is 433 g/mol. The summed E-state index contributed by atoms with van der Waals surface area (Å²) in [7, 11) is 0. The van der Waals surface area contributed by atoms with Gasteiger partial charge in [0.15, 0.2) is 5.43 Å². The van der Waals surface area contributed by atoms with Crippen LogP contribution in [-0.2, 0) is 0 Å². The maximum Gasteiger partial charge on any atom is 0.295 e. The SMILES string of the molecule is C=CCOc1ccc(C2c3c(oc4ccc(F)cc4c3=O)C(=O)N2c2ccc(C)c(C)c2)cc1. The van der Waals surface area contributed by atoms with Crippen molar-refractivity contribution in [3.8, 4) is 5.75 Å². The number of carbonyl (C=O) groups is 1. The number of halogens is 1. The van der Waals surface area contributed by atoms with Gasteiger partial charge in [0.25, 0.3) is 5.91 Å². The molecule has 2 heterocycles. The summed E-state index contributed by atoms with van der Waals surface area (Å²) in [5, 5.41) is 0.101. The molecule has 1 unspecified atom stereocenters. The normalized spacial score (nSPS) is 15.0. The van der Waals surface area contributed by atoms with Crippen LogP contribution in [0.4, 0.5) is 10.1 Å². The molecule has 34 heavy (non-hydrogen) atoms. The topological polar surface area (TPSA) is 59.8 Å². The molecule has 0 spiro atoms. The molecule has 3 aromatic carbocycles. The lowest BCUT2D eigenvalue weighted by atomic mass is 9.97. The molecule has 0 radical (unpaired) electrons. The minimum Gasteiger partial charge on any atom is -0.490 e. The summed E-state index contributed by atoms with van der Waals surface area (Å²) in [5.74, 6) is -0.355. The fourth-order valence-electron chi connectivity index (χ4n) is 4.30. The first kappa shape index (κ1) is 21.6. The quantitative estimate of drug-likeness (QED) is 0.354. The van der Waals surface area contributed by atoms with Gasteiger partial charge in [0, 0.05) is 5.69 Å². The van der Waals surface area contributed by atoms with Gasteiger partial charge in [-0.05, 0) is 73.0 Å². The molecule has 0 saturated heterocycles. The standard InChI is InChI=1S/C28H22FNO4/c1-4-13-33-21-10-6-18(7-11-21)25-24-26(31)22-15-19(29)8-12-23(22)34-27(24)28(32)30(25)20-9-5-16(2)17(3)14-20/h4-12,14-15,25H,1,13H2,2-3H3. The second kappa shape index (κ2) is 8.30. The van der Waals surface area contributed by atoms with Crippen LogP contribution in [0, 0.1) is 19.7 Å². The molecule has 1 aliphatic rings. The van der Waals surface area contributed by atoms with Gasteiger partial charge >= 0.3 is 0 Å². The third-order valence-electron chi connectivity index (χ3n) is 6.16. The lowest BCUT2D eigenvalue weighted by Crippen LogP contribution is -2.29. The first-order valence-corrected chi connectivity index (χ1v) is 10.9. The molecular formula is C28H22FNO4. The van der Waals surface area contributed by atoms with Crippen molar-refractivity contribution in [2.75, 3.05) is 11.5 Å². The Hall–Kier alpha value is -4.19. The first-order chi connectivity index (χ1) is 16.4. The Kier molecular flexibility index (Phi) is 5.28. The van der Waals surface area contributed by atoms with E-state index in [1.807, 2.05) is 44.2 Å². The van der Waals surface area contributed by atoms with E-state index in [0.717, 1.165) is 17.2 Å². The van der Waals surface area contributed by atoms with Gasteiger partial charge in [-0.15, -0.1) is 0 Å². The molecule has 1 aliphatic heterocycles. The van der Waals surface area contributed by atoms with E-state index in [0.29, 0.717) is 23.6 Å². The van der Waals surface area contributed by atoms with Crippen LogP contribution in [0.5, 0.6) is 5.75 Å². The van der Waals surface area contributed by atoms with Crippen molar-refractivity contribution in [3.05, 3.63) is 117 Å². The molecule has 1 amide bonds. The Bertz CT molecular complexity index is 1500. The third kappa shape index (κ3) is 3.48. The van der Waals surface area contributed by atoms with E-state index in [4.69, 9.17) is 9.15 Å². The smallest absolute Gasteiger partial charge is 0.295 e. The second-order valence-electron chi connectivity index (χ2n) is 8.33. The molecule has 0 bridgehead atoms. The summed E-state index contributed by atoms with van der Waals surface area (Å²) in [6, 6.07) is 15.9. The molecule has 1 aromatic heterocycles. The maximum atomic E-state index is 14.0. The number of hydrogen-bond donors (Lipinski definition) is 0. The highest BCUT2D eigenvalue weighted by molar-refractivity contribution is 6.10. The maximum absolute atomic E-state index is 14.0. The molecule has 0 fully saturated rings. The molecule has 5 rings (SSSR count). The fraction of sp³-hybridized carbons (Fsp3) is 0.143. The van der Waals surface area contributed by atoms with Crippen molar-refractivity contribution in [2.24, 2.45) is 0 Å². The predicted molar refractivity (Wildman–Crippen MR) is 129 cm³/mol. The number of anilines is 1. The van der Waals surface area contributed by atoms with Crippen LogP contribution < -0.4 is 15.1 Å². The molecule has 1 atom stereocenters. The van der Waals surface area contributed by atoms with E-state index in [-0.39, 0.29) is 22.3 Å². The molecule has 170 valence electrons. The zero-order valence-corrected chi connectivity index (χ0v) is 18.8. The third-order valence-corrected chi connectivity index (χ3v) is 6.16. The van der Waals surface area contributed by atoms with E-state index in [1.54, 1.807) is 23.1 Å². The number of nitrogens with zero attached hydrogens (tertiary/aromatic N) is 1. The molecule has 0 aliphatic carbocycles. The zero-order chi connectivity index (χ0) is 24.0. The van der Waals surface area contributed by atoms with Gasteiger partial charge < -0.3 is 9.15 Å². The average molecular weight is 455 g/mol. The average Bonchev–Trinajstić information content (AvgIpc) is 3.13. The highest BCUT2D eigenvalue weighted by Gasteiger charge is 2.43. The number of fused-ring (bicyclic) bond motifs is 2. The van der Waals surface area contributed by atoms with Crippen LogP contribution in [0.3, 0.4) is 0 Å². The van der Waals surface area contributed by atoms with Gasteiger partial charge in [-0.2, -0.15) is 0 Å². The monoisotopic (exact) mass is 455 g/mol. The summed E-state index contributed by atoms with van der Waals surface area (Å²) in [6.07, 6.45) is 1.65. The Morgan fingerprint density at radius 1 is 1.03 bits per heavy atom. The molecule has 0 saturated carbocycles. The lowest BCUT2D eigenvalue weighted by molar-refractivity contribution is 0.0971. The van der Waals surface area contributed by atoms with E-state index in [9.17, 15) is 14.0 Å². The van der Waals surface area contributed by atoms with Crippen LogP contribution >= 0.6 is 0 Å². The van der Waals surface area contributed by atoms with Gasteiger partial charge in [-0.25, -0.2) is 4.39 Å². The summed E-state index contributed by atoms with van der Waals surface area (Å²) in [6.45, 7) is 7.96. The number of rotatable bonds is 5. The number of ether oxygens (including phenoxy) is 1. The lowest BCUT2D eigenvalue weighted by Gasteiger charge is -2.26. The van der Waals surface area contributed by atoms with Crippen molar-refractivity contribution in [3.63, 3.8) is 0 Å². The fourth-order valence-corrected chi connectivity index (χ4v) is 4.30. The highest BCUT2D eigenvalue weighted by atomic mass is 19.1. The van der Waals surface area contributed by atoms with Gasteiger partial charge in [-0.3, -0.25) is 14.5 Å². The number of amides is 1. The van der Waals surface area contributed by atoms with Crippen LogP contribution in [0.2, 0.25) is 0 Å². The Morgan fingerprint density at radius 2 is 1.79 bits per heavy atom. The second-order valence-corrected chi connectivity index (χ2v) is 8.33. The van der Waals surface area contributed by atoms with Crippen molar-refractivity contribution in [1.82, 2.24) is 0 Å². The largest absolute Gasteiger partial charge is 0.490 e. The van der Waals surface area contributed by atoms with E-state index >= 15 is 0 Å². The molecule has 5 nitrogen and oxygen atoms in total. The summed E-state index contributed by atoms with van der Waals surface area (Å²) < 4.78 is 25.4. The number of hydrogen-bond acceptors (Lipinski definition) is 4. The molecule has 6 heteroatoms. The van der Waals surface area contributed by atoms with Gasteiger partial charge in [0.2, 0.25) is 5.76 Å². The van der Waals surface area contributed by atoms with Crippen molar-refractivity contribution >= 4 is 22.6 Å². The zero-order valence-electron chi connectivity index (χ0n) is 18.8. The van der Waals surface area contributed by atoms with Gasteiger partial charge in [-0.1, -0.05) is 30.9 Å². The summed E-state index contributed by atoms with van der Waals surface area (Å²) >= 11 is 0. The van der Waals surface area contributed by atoms with Crippen molar-refractivity contribution in [1.29, 1.82) is 0 Å². The van der Waals surface area contributed by atoms with Gasteiger partial charge in [0.1, 0.15) is 23.8 Å². The summed E-state index contributed by atoms with van der Waals surface area (Å²) in [4.78, 5) is 28.8. The Morgan fingerprint density at radius 3 is 2.50 bits per heavy atom. The molecule has 4 aromatic rings. The van der Waals surface area contributed by atoms with E-state index < -0.39 is 23.2 Å². The first-order valence-electron chi connectivity index (χ1n) is 10.9. The van der Waals surface area contributed by atoms with E-state index in [2.05, 4.69) is 6.58 Å². The number of aryl methyl sites for hydroxylation is 2. The molecule has 0 N–H and O–H groups in total. The number of carbonyl (C=O) groups excluding carboxylic acids is 1.